The number of nitrogens with zero attached hydrogens (tertiary/aromatic N) is 2. The van der Waals surface area contributed by atoms with Gasteiger partial charge < -0.3 is 9.57 Å². The van der Waals surface area contributed by atoms with Crippen molar-refractivity contribution in [2.45, 2.75) is 51.4 Å². The average molecular weight is 457 g/mol. The molecular formula is C29H32N2O3. The van der Waals surface area contributed by atoms with E-state index in [0.29, 0.717) is 12.0 Å². The molecule has 5 nitrogen and oxygen atoms in total. The van der Waals surface area contributed by atoms with Gasteiger partial charge in [0.1, 0.15) is 12.4 Å². The van der Waals surface area contributed by atoms with Crippen molar-refractivity contribution in [3.63, 3.8) is 0 Å². The standard InChI is InChI=1S/C29H32N2O3/c32-21-28(31-18-15-29(13-14-29)16-19-31)34-27-11-8-23(9-12-27)4-3-17-30-33-22-24-7-10-25-5-1-2-6-26(25)20-24/h1-2,5-12,17,20-21,28H,3-4,13-16,18-19,22H2. The molecule has 0 amide bonds. The molecule has 5 rings (SSSR count). The van der Waals surface area contributed by atoms with Gasteiger partial charge in [0.2, 0.25) is 6.23 Å². The molecular weight excluding hydrogens is 424 g/mol. The van der Waals surface area contributed by atoms with Crippen molar-refractivity contribution in [3.05, 3.63) is 77.9 Å². The van der Waals surface area contributed by atoms with Gasteiger partial charge in [-0.25, -0.2) is 0 Å². The molecule has 2 fully saturated rings. The van der Waals surface area contributed by atoms with Crippen molar-refractivity contribution >= 4 is 23.3 Å². The van der Waals surface area contributed by atoms with E-state index in [2.05, 4.69) is 52.5 Å². The SMILES string of the molecule is O=CC(Oc1ccc(CCC=NOCc2ccc3ccccc3c2)cc1)N1CCC2(CC1)CC2. The molecule has 1 spiro atoms. The summed E-state index contributed by atoms with van der Waals surface area (Å²) in [4.78, 5) is 19.3. The molecule has 1 unspecified atom stereocenters. The van der Waals surface area contributed by atoms with E-state index < -0.39 is 6.23 Å². The lowest BCUT2D eigenvalue weighted by molar-refractivity contribution is -0.123. The predicted octanol–water partition coefficient (Wildman–Crippen LogP) is 5.75. The third-order valence-electron chi connectivity index (χ3n) is 7.23. The van der Waals surface area contributed by atoms with E-state index in [1.165, 1.54) is 42.0 Å². The normalized spacial score (nSPS) is 18.2. The fourth-order valence-corrected chi connectivity index (χ4v) is 4.77. The van der Waals surface area contributed by atoms with Crippen LogP contribution < -0.4 is 4.74 Å². The number of piperidine rings is 1. The quantitative estimate of drug-likeness (QED) is 0.221. The molecule has 5 heteroatoms. The molecule has 1 heterocycles. The molecule has 3 aromatic carbocycles. The number of carbonyl (C=O) groups is 1. The first-order valence-electron chi connectivity index (χ1n) is 12.3. The minimum absolute atomic E-state index is 0.462. The second kappa shape index (κ2) is 10.4. The Bertz CT molecular complexity index is 1130. The summed E-state index contributed by atoms with van der Waals surface area (Å²) in [5.74, 6) is 0.736. The molecule has 34 heavy (non-hydrogen) atoms. The van der Waals surface area contributed by atoms with Crippen molar-refractivity contribution < 1.29 is 14.4 Å². The first kappa shape index (κ1) is 22.6. The number of ether oxygens (including phenoxy) is 1. The Morgan fingerprint density at radius 3 is 2.38 bits per heavy atom. The van der Waals surface area contributed by atoms with E-state index in [1.54, 1.807) is 0 Å². The molecule has 3 aromatic rings. The third-order valence-corrected chi connectivity index (χ3v) is 7.23. The zero-order valence-electron chi connectivity index (χ0n) is 19.6. The number of fused-ring (bicyclic) bond motifs is 1. The Labute approximate surface area is 201 Å². The van der Waals surface area contributed by atoms with Crippen molar-refractivity contribution in [1.29, 1.82) is 0 Å². The minimum atomic E-state index is -0.492. The Morgan fingerprint density at radius 2 is 1.65 bits per heavy atom. The van der Waals surface area contributed by atoms with E-state index in [4.69, 9.17) is 9.57 Å². The summed E-state index contributed by atoms with van der Waals surface area (Å²) in [6, 6.07) is 22.6. The highest BCUT2D eigenvalue weighted by atomic mass is 16.6. The second-order valence-electron chi connectivity index (χ2n) is 9.61. The maximum absolute atomic E-state index is 11.6. The van der Waals surface area contributed by atoms with Gasteiger partial charge in [-0.2, -0.15) is 0 Å². The number of oxime groups is 1. The molecule has 1 aliphatic heterocycles. The van der Waals surface area contributed by atoms with Gasteiger partial charge in [0, 0.05) is 19.3 Å². The molecule has 0 aromatic heterocycles. The van der Waals surface area contributed by atoms with Crippen molar-refractivity contribution in [3.8, 4) is 5.75 Å². The van der Waals surface area contributed by atoms with Gasteiger partial charge in [-0.15, -0.1) is 0 Å². The smallest absolute Gasteiger partial charge is 0.209 e. The predicted molar refractivity (Wildman–Crippen MR) is 135 cm³/mol. The van der Waals surface area contributed by atoms with Gasteiger partial charge in [0.05, 0.1) is 0 Å². The first-order chi connectivity index (χ1) is 16.7. The Kier molecular flexibility index (Phi) is 6.91. The fraction of sp³-hybridized carbons (Fsp3) is 0.379. The highest BCUT2D eigenvalue weighted by Gasteiger charge is 2.45. The van der Waals surface area contributed by atoms with Crippen LogP contribution in [-0.4, -0.2) is 36.7 Å². The molecule has 0 bridgehead atoms. The van der Waals surface area contributed by atoms with E-state index in [0.717, 1.165) is 43.5 Å². The molecule has 176 valence electrons. The van der Waals surface area contributed by atoms with Crippen LogP contribution in [0, 0.1) is 5.41 Å². The Hall–Kier alpha value is -3.18. The highest BCUT2D eigenvalue weighted by molar-refractivity contribution is 5.82. The summed E-state index contributed by atoms with van der Waals surface area (Å²) in [5.41, 5.74) is 2.90. The summed E-state index contributed by atoms with van der Waals surface area (Å²) in [6.45, 7) is 2.36. The van der Waals surface area contributed by atoms with Crippen LogP contribution in [0.4, 0.5) is 0 Å². The third kappa shape index (κ3) is 5.65. The number of aldehydes is 1. The number of likely N-dealkylation sites (tertiary alicyclic amines) is 1. The minimum Gasteiger partial charge on any atom is -0.468 e. The van der Waals surface area contributed by atoms with E-state index >= 15 is 0 Å². The molecule has 1 saturated heterocycles. The van der Waals surface area contributed by atoms with Gasteiger partial charge in [-0.05, 0) is 84.0 Å². The Morgan fingerprint density at radius 1 is 0.912 bits per heavy atom. The zero-order valence-corrected chi connectivity index (χ0v) is 19.6. The molecule has 1 saturated carbocycles. The summed E-state index contributed by atoms with van der Waals surface area (Å²) in [7, 11) is 0. The van der Waals surface area contributed by atoms with Crippen molar-refractivity contribution in [2.24, 2.45) is 10.6 Å². The maximum Gasteiger partial charge on any atom is 0.209 e. The number of benzene rings is 3. The van der Waals surface area contributed by atoms with Crippen LogP contribution in [0.25, 0.3) is 10.8 Å². The van der Waals surface area contributed by atoms with Crippen LogP contribution in [-0.2, 0) is 22.7 Å². The zero-order chi connectivity index (χ0) is 23.2. The van der Waals surface area contributed by atoms with Crippen LogP contribution in [0.5, 0.6) is 5.75 Å². The first-order valence-corrected chi connectivity index (χ1v) is 12.3. The van der Waals surface area contributed by atoms with Gasteiger partial charge >= 0.3 is 0 Å². The van der Waals surface area contributed by atoms with Crippen LogP contribution in [0.15, 0.2) is 71.9 Å². The maximum atomic E-state index is 11.6. The highest BCUT2D eigenvalue weighted by Crippen LogP contribution is 2.53. The Balaban J connectivity index is 1.03. The van der Waals surface area contributed by atoms with Gasteiger partial charge in [-0.3, -0.25) is 9.69 Å². The summed E-state index contributed by atoms with van der Waals surface area (Å²) in [6.07, 6.45) is 9.00. The lowest BCUT2D eigenvalue weighted by Crippen LogP contribution is -2.45. The topological polar surface area (TPSA) is 51.1 Å². The van der Waals surface area contributed by atoms with E-state index in [9.17, 15) is 4.79 Å². The van der Waals surface area contributed by atoms with Crippen LogP contribution in [0.2, 0.25) is 0 Å². The van der Waals surface area contributed by atoms with Gasteiger partial charge in [0.25, 0.3) is 0 Å². The van der Waals surface area contributed by atoms with Crippen LogP contribution in [0.3, 0.4) is 0 Å². The van der Waals surface area contributed by atoms with Gasteiger partial charge in [0.15, 0.2) is 6.29 Å². The number of rotatable bonds is 10. The lowest BCUT2D eigenvalue weighted by Gasteiger charge is -2.35. The van der Waals surface area contributed by atoms with Crippen molar-refractivity contribution in [2.75, 3.05) is 13.1 Å². The molecule has 1 atom stereocenters. The van der Waals surface area contributed by atoms with Crippen LogP contribution >= 0.6 is 0 Å². The van der Waals surface area contributed by atoms with Crippen LogP contribution in [0.1, 0.15) is 43.2 Å². The van der Waals surface area contributed by atoms with Gasteiger partial charge in [-0.1, -0.05) is 53.7 Å². The number of aryl methyl sites for hydroxylation is 1. The average Bonchev–Trinajstić information content (AvgIpc) is 3.64. The number of hydrogen-bond donors (Lipinski definition) is 0. The lowest BCUT2D eigenvalue weighted by atomic mass is 9.94. The summed E-state index contributed by atoms with van der Waals surface area (Å²) in [5, 5.41) is 6.54. The van der Waals surface area contributed by atoms with Crippen molar-refractivity contribution in [1.82, 2.24) is 4.90 Å². The molecule has 2 aliphatic rings. The number of hydrogen-bond acceptors (Lipinski definition) is 5. The van der Waals surface area contributed by atoms with E-state index in [1.807, 2.05) is 30.5 Å². The molecule has 1 aliphatic carbocycles. The summed E-state index contributed by atoms with van der Waals surface area (Å²) < 4.78 is 5.98. The largest absolute Gasteiger partial charge is 0.468 e. The number of carbonyl (C=O) groups excluding carboxylic acids is 1. The fourth-order valence-electron chi connectivity index (χ4n) is 4.77. The van der Waals surface area contributed by atoms with E-state index in [-0.39, 0.29) is 0 Å². The molecule has 0 radical (unpaired) electrons. The monoisotopic (exact) mass is 456 g/mol. The molecule has 0 N–H and O–H groups in total. The second-order valence-corrected chi connectivity index (χ2v) is 9.61. The summed E-state index contributed by atoms with van der Waals surface area (Å²) >= 11 is 0.